The van der Waals surface area contributed by atoms with E-state index in [2.05, 4.69) is 0 Å². The second-order valence-corrected chi connectivity index (χ2v) is 11.1. The molecule has 3 fully saturated rings. The molecule has 7 nitrogen and oxygen atoms in total. The number of likely N-dealkylation sites (tertiary alicyclic amines) is 1. The van der Waals surface area contributed by atoms with E-state index in [0.717, 1.165) is 25.7 Å². The van der Waals surface area contributed by atoms with Crippen LogP contribution in [-0.4, -0.2) is 80.6 Å². The Labute approximate surface area is 193 Å². The Morgan fingerprint density at radius 2 is 1.97 bits per heavy atom. The Kier molecular flexibility index (Phi) is 5.86. The van der Waals surface area contributed by atoms with Crippen molar-refractivity contribution in [2.75, 3.05) is 19.8 Å². The minimum atomic E-state index is -0.823. The monoisotopic (exact) mass is 460 g/mol. The van der Waals surface area contributed by atoms with Crippen molar-refractivity contribution in [2.45, 2.75) is 73.6 Å². The summed E-state index contributed by atoms with van der Waals surface area (Å²) in [5.74, 6) is -1.88. The van der Waals surface area contributed by atoms with Gasteiger partial charge >= 0.3 is 5.97 Å². The van der Waals surface area contributed by atoms with Gasteiger partial charge in [-0.3, -0.25) is 14.4 Å². The molecular weight excluding hydrogens is 428 g/mol. The Bertz CT molecular complexity index is 849. The van der Waals surface area contributed by atoms with Gasteiger partial charge in [0.05, 0.1) is 29.2 Å². The Balaban J connectivity index is 1.60. The van der Waals surface area contributed by atoms with Crippen molar-refractivity contribution >= 4 is 29.5 Å². The Hall–Kier alpha value is -1.80. The highest BCUT2D eigenvalue weighted by Gasteiger charge is 2.71. The van der Waals surface area contributed by atoms with Crippen molar-refractivity contribution in [1.82, 2.24) is 9.80 Å². The molecule has 1 N–H and O–H groups in total. The van der Waals surface area contributed by atoms with Crippen molar-refractivity contribution in [1.29, 1.82) is 0 Å². The van der Waals surface area contributed by atoms with E-state index in [0.29, 0.717) is 13.0 Å². The molecule has 4 aliphatic heterocycles. The number of ether oxygens (including phenoxy) is 1. The second kappa shape index (κ2) is 8.52. The maximum atomic E-state index is 14.2. The normalized spacial score (nSPS) is 38.1. The van der Waals surface area contributed by atoms with Crippen LogP contribution in [0.4, 0.5) is 0 Å². The molecule has 0 bridgehead atoms. The van der Waals surface area contributed by atoms with Gasteiger partial charge in [0.25, 0.3) is 0 Å². The zero-order chi connectivity index (χ0) is 22.5. The maximum absolute atomic E-state index is 14.2. The summed E-state index contributed by atoms with van der Waals surface area (Å²) in [6.07, 6.45) is 13.8. The lowest BCUT2D eigenvalue weighted by Crippen LogP contribution is -2.58. The highest BCUT2D eigenvalue weighted by atomic mass is 32.2. The smallest absolute Gasteiger partial charge is 0.311 e. The molecule has 2 saturated heterocycles. The number of carbonyl (C=O) groups excluding carboxylic acids is 3. The van der Waals surface area contributed by atoms with Crippen LogP contribution in [0, 0.1) is 11.8 Å². The van der Waals surface area contributed by atoms with Crippen LogP contribution in [0.15, 0.2) is 24.3 Å². The van der Waals surface area contributed by atoms with Crippen LogP contribution in [0.1, 0.15) is 45.4 Å². The average Bonchev–Trinajstić information content (AvgIpc) is 3.10. The van der Waals surface area contributed by atoms with E-state index in [-0.39, 0.29) is 42.3 Å². The van der Waals surface area contributed by atoms with Crippen LogP contribution >= 0.6 is 11.8 Å². The lowest BCUT2D eigenvalue weighted by Gasteiger charge is -2.41. The fourth-order valence-corrected chi connectivity index (χ4v) is 8.44. The summed E-state index contributed by atoms with van der Waals surface area (Å²) in [4.78, 5) is 44.6. The molecule has 6 atom stereocenters. The number of esters is 1. The van der Waals surface area contributed by atoms with Gasteiger partial charge < -0.3 is 19.6 Å². The first-order chi connectivity index (χ1) is 15.5. The Morgan fingerprint density at radius 3 is 2.69 bits per heavy atom. The number of aliphatic hydroxyl groups excluding tert-OH is 1. The molecule has 0 radical (unpaired) electrons. The van der Waals surface area contributed by atoms with Crippen molar-refractivity contribution in [3.63, 3.8) is 0 Å². The third-order valence-corrected chi connectivity index (χ3v) is 9.72. The summed E-state index contributed by atoms with van der Waals surface area (Å²) < 4.78 is 4.57. The first-order valence-electron chi connectivity index (χ1n) is 12.0. The number of rotatable bonds is 4. The fraction of sp³-hybridized carbons (Fsp3) is 0.708. The maximum Gasteiger partial charge on any atom is 0.311 e. The van der Waals surface area contributed by atoms with Gasteiger partial charge in [-0.15, -0.1) is 11.8 Å². The van der Waals surface area contributed by atoms with Gasteiger partial charge in [-0.05, 0) is 19.3 Å². The molecule has 0 aromatic carbocycles. The number of fused-ring (bicyclic) bond motifs is 2. The fourth-order valence-electron chi connectivity index (χ4n) is 6.45. The summed E-state index contributed by atoms with van der Waals surface area (Å²) in [5, 5.41) is 9.91. The summed E-state index contributed by atoms with van der Waals surface area (Å²) in [7, 11) is 0. The SMILES string of the molecule is CC[C@@H](CO)N1C(=O)[C@@H]2[C@H]3C(=O)OCC=C[C@H]3S[C@@]23C=CCN(C2CCCCC2)C(=O)C13. The predicted molar refractivity (Wildman–Crippen MR) is 121 cm³/mol. The number of thioether (sulfide) groups is 1. The third kappa shape index (κ3) is 3.16. The van der Waals surface area contributed by atoms with E-state index in [1.54, 1.807) is 16.7 Å². The summed E-state index contributed by atoms with van der Waals surface area (Å²) in [6, 6.07) is -0.978. The molecule has 174 valence electrons. The number of cyclic esters (lactones) is 1. The van der Waals surface area contributed by atoms with Crippen LogP contribution in [0.5, 0.6) is 0 Å². The molecule has 1 spiro atoms. The van der Waals surface area contributed by atoms with Crippen molar-refractivity contribution < 1.29 is 24.2 Å². The first kappa shape index (κ1) is 22.0. The summed E-state index contributed by atoms with van der Waals surface area (Å²) >= 11 is 1.56. The van der Waals surface area contributed by atoms with Crippen molar-refractivity contribution in [3.8, 4) is 0 Å². The quantitative estimate of drug-likeness (QED) is 0.509. The largest absolute Gasteiger partial charge is 0.461 e. The number of hydrogen-bond acceptors (Lipinski definition) is 6. The number of hydrogen-bond donors (Lipinski definition) is 1. The highest BCUT2D eigenvalue weighted by Crippen LogP contribution is 2.61. The van der Waals surface area contributed by atoms with Gasteiger partial charge in [0.2, 0.25) is 11.8 Å². The van der Waals surface area contributed by atoms with Crippen LogP contribution < -0.4 is 0 Å². The Morgan fingerprint density at radius 1 is 1.19 bits per heavy atom. The summed E-state index contributed by atoms with van der Waals surface area (Å²) in [5.41, 5.74) is 0. The van der Waals surface area contributed by atoms with Crippen molar-refractivity contribution in [2.24, 2.45) is 11.8 Å². The molecule has 0 aromatic rings. The molecule has 1 saturated carbocycles. The second-order valence-electron chi connectivity index (χ2n) is 9.58. The zero-order valence-electron chi connectivity index (χ0n) is 18.5. The molecule has 5 rings (SSSR count). The third-order valence-electron chi connectivity index (χ3n) is 7.97. The van der Waals surface area contributed by atoms with E-state index < -0.39 is 28.7 Å². The van der Waals surface area contributed by atoms with Gasteiger partial charge in [0.1, 0.15) is 12.6 Å². The van der Waals surface area contributed by atoms with E-state index in [1.807, 2.05) is 36.1 Å². The molecule has 8 heteroatoms. The standard InChI is InChI=1S/C24H32N2O5S/c1-2-15(14-27)26-20-22(29)25(16-8-4-3-5-9-16)12-7-11-24(20)19(21(26)28)18-17(32-24)10-6-13-31-23(18)30/h6-7,10-11,15-20,27H,2-5,8-9,12-14H2,1H3/t15-,17+,18-,19-,20?,24-/m0/s1. The van der Waals surface area contributed by atoms with Crippen LogP contribution in [0.3, 0.4) is 0 Å². The van der Waals surface area contributed by atoms with Gasteiger partial charge in [0.15, 0.2) is 0 Å². The number of nitrogens with zero attached hydrogens (tertiary/aromatic N) is 2. The van der Waals surface area contributed by atoms with E-state index in [1.165, 1.54) is 6.42 Å². The number of aliphatic hydroxyl groups is 1. The van der Waals surface area contributed by atoms with E-state index >= 15 is 0 Å². The summed E-state index contributed by atoms with van der Waals surface area (Å²) in [6.45, 7) is 2.46. The van der Waals surface area contributed by atoms with E-state index in [9.17, 15) is 19.5 Å². The molecule has 4 heterocycles. The van der Waals surface area contributed by atoms with Crippen LogP contribution in [-0.2, 0) is 19.1 Å². The van der Waals surface area contributed by atoms with Gasteiger partial charge in [-0.2, -0.15) is 0 Å². The topological polar surface area (TPSA) is 87.2 Å². The first-order valence-corrected chi connectivity index (χ1v) is 12.8. The zero-order valence-corrected chi connectivity index (χ0v) is 19.3. The molecule has 5 aliphatic rings. The molecule has 1 unspecified atom stereocenters. The highest BCUT2D eigenvalue weighted by molar-refractivity contribution is 8.02. The number of carbonyl (C=O) groups is 3. The molecule has 1 aliphatic carbocycles. The van der Waals surface area contributed by atoms with Crippen LogP contribution in [0.2, 0.25) is 0 Å². The van der Waals surface area contributed by atoms with Gasteiger partial charge in [-0.1, -0.05) is 50.5 Å². The molecule has 0 aromatic heterocycles. The lowest BCUT2D eigenvalue weighted by atomic mass is 9.78. The lowest BCUT2D eigenvalue weighted by molar-refractivity contribution is -0.152. The molecule has 32 heavy (non-hydrogen) atoms. The van der Waals surface area contributed by atoms with E-state index in [4.69, 9.17) is 4.74 Å². The minimum Gasteiger partial charge on any atom is -0.461 e. The predicted octanol–water partition coefficient (Wildman–Crippen LogP) is 1.90. The molecule has 2 amide bonds. The number of amides is 2. The van der Waals surface area contributed by atoms with Crippen LogP contribution in [0.25, 0.3) is 0 Å². The van der Waals surface area contributed by atoms with Crippen molar-refractivity contribution in [3.05, 3.63) is 24.3 Å². The van der Waals surface area contributed by atoms with Gasteiger partial charge in [0, 0.05) is 17.8 Å². The molecular formula is C24H32N2O5S. The average molecular weight is 461 g/mol. The van der Waals surface area contributed by atoms with Gasteiger partial charge in [-0.25, -0.2) is 0 Å². The minimum absolute atomic E-state index is 0.0362.